The Morgan fingerprint density at radius 1 is 1.18 bits per heavy atom. The van der Waals surface area contributed by atoms with Crippen molar-refractivity contribution < 1.29 is 5.11 Å². The van der Waals surface area contributed by atoms with Crippen LogP contribution in [-0.2, 0) is 6.61 Å². The zero-order chi connectivity index (χ0) is 12.3. The molecule has 0 spiro atoms. The molecule has 1 aliphatic heterocycles. The van der Waals surface area contributed by atoms with Crippen molar-refractivity contribution in [1.82, 2.24) is 15.1 Å². The molecule has 2 heterocycles. The molecule has 1 aromatic heterocycles. The van der Waals surface area contributed by atoms with Crippen molar-refractivity contribution in [3.05, 3.63) is 17.8 Å². The van der Waals surface area contributed by atoms with Crippen LogP contribution in [0.2, 0.25) is 0 Å². The van der Waals surface area contributed by atoms with E-state index in [1.54, 1.807) is 0 Å². The van der Waals surface area contributed by atoms with Crippen LogP contribution in [0.4, 0.5) is 5.82 Å². The minimum Gasteiger partial charge on any atom is -0.390 e. The lowest BCUT2D eigenvalue weighted by Crippen LogP contribution is -2.49. The van der Waals surface area contributed by atoms with E-state index in [0.29, 0.717) is 11.7 Å². The average molecular weight is 236 g/mol. The topological polar surface area (TPSA) is 52.5 Å². The summed E-state index contributed by atoms with van der Waals surface area (Å²) in [5.41, 5.74) is 0.620. The second kappa shape index (κ2) is 5.42. The van der Waals surface area contributed by atoms with Crippen LogP contribution in [0.1, 0.15) is 19.5 Å². The molecule has 1 aliphatic rings. The molecule has 1 aromatic rings. The van der Waals surface area contributed by atoms with E-state index in [-0.39, 0.29) is 6.61 Å². The number of nitrogens with zero attached hydrogens (tertiary/aromatic N) is 4. The Labute approximate surface area is 102 Å². The van der Waals surface area contributed by atoms with Gasteiger partial charge in [0, 0.05) is 32.2 Å². The minimum atomic E-state index is -0.0472. The van der Waals surface area contributed by atoms with E-state index in [4.69, 9.17) is 5.11 Å². The molecule has 17 heavy (non-hydrogen) atoms. The number of rotatable bonds is 3. The molecule has 5 nitrogen and oxygen atoms in total. The maximum absolute atomic E-state index is 8.91. The molecule has 0 atom stereocenters. The van der Waals surface area contributed by atoms with Crippen LogP contribution >= 0.6 is 0 Å². The summed E-state index contributed by atoms with van der Waals surface area (Å²) in [7, 11) is 0. The fraction of sp³-hybridized carbons (Fsp3) is 0.667. The van der Waals surface area contributed by atoms with Crippen molar-refractivity contribution in [2.45, 2.75) is 26.5 Å². The first-order chi connectivity index (χ1) is 8.20. The quantitative estimate of drug-likeness (QED) is 0.828. The zero-order valence-electron chi connectivity index (χ0n) is 10.5. The molecule has 0 amide bonds. The minimum absolute atomic E-state index is 0.0472. The molecule has 5 heteroatoms. The Hall–Kier alpha value is -1.20. The van der Waals surface area contributed by atoms with E-state index in [0.717, 1.165) is 32.0 Å². The first-order valence-corrected chi connectivity index (χ1v) is 6.13. The molecule has 1 N–H and O–H groups in total. The number of hydrogen-bond donors (Lipinski definition) is 1. The molecule has 0 saturated carbocycles. The highest BCUT2D eigenvalue weighted by Gasteiger charge is 2.19. The number of aliphatic hydroxyl groups is 1. The Kier molecular flexibility index (Phi) is 3.91. The predicted molar refractivity (Wildman–Crippen MR) is 66.9 cm³/mol. The largest absolute Gasteiger partial charge is 0.390 e. The third kappa shape index (κ3) is 2.92. The zero-order valence-corrected chi connectivity index (χ0v) is 10.5. The van der Waals surface area contributed by atoms with Crippen molar-refractivity contribution in [3.63, 3.8) is 0 Å². The second-order valence-electron chi connectivity index (χ2n) is 4.66. The van der Waals surface area contributed by atoms with Crippen LogP contribution in [0.15, 0.2) is 12.1 Å². The van der Waals surface area contributed by atoms with Gasteiger partial charge in [-0.25, -0.2) is 0 Å². The Bertz CT molecular complexity index is 344. The summed E-state index contributed by atoms with van der Waals surface area (Å²) < 4.78 is 0. The molecule has 0 unspecified atom stereocenters. The van der Waals surface area contributed by atoms with Crippen LogP contribution in [0.3, 0.4) is 0 Å². The first-order valence-electron chi connectivity index (χ1n) is 6.13. The van der Waals surface area contributed by atoms with Crippen LogP contribution < -0.4 is 4.90 Å². The normalized spacial score (nSPS) is 17.8. The summed E-state index contributed by atoms with van der Waals surface area (Å²) >= 11 is 0. The highest BCUT2D eigenvalue weighted by molar-refractivity contribution is 5.37. The van der Waals surface area contributed by atoms with Crippen LogP contribution in [0.5, 0.6) is 0 Å². The fourth-order valence-electron chi connectivity index (χ4n) is 2.07. The van der Waals surface area contributed by atoms with E-state index in [1.165, 1.54) is 0 Å². The lowest BCUT2D eigenvalue weighted by atomic mass is 10.2. The summed E-state index contributed by atoms with van der Waals surface area (Å²) in [6, 6.07) is 4.38. The second-order valence-corrected chi connectivity index (χ2v) is 4.66. The smallest absolute Gasteiger partial charge is 0.151 e. The number of aromatic nitrogens is 2. The SMILES string of the molecule is CC(C)N1CCN(c2ccc(CO)nn2)CC1. The molecule has 2 rings (SSSR count). The third-order valence-electron chi connectivity index (χ3n) is 3.24. The van der Waals surface area contributed by atoms with E-state index in [9.17, 15) is 0 Å². The summed E-state index contributed by atoms with van der Waals surface area (Å²) in [6.07, 6.45) is 0. The highest BCUT2D eigenvalue weighted by Crippen LogP contribution is 2.13. The van der Waals surface area contributed by atoms with Crippen LogP contribution in [-0.4, -0.2) is 52.4 Å². The van der Waals surface area contributed by atoms with Crippen LogP contribution in [0.25, 0.3) is 0 Å². The van der Waals surface area contributed by atoms with E-state index in [1.807, 2.05) is 12.1 Å². The van der Waals surface area contributed by atoms with Gasteiger partial charge in [0.2, 0.25) is 0 Å². The summed E-state index contributed by atoms with van der Waals surface area (Å²) in [5, 5.41) is 17.0. The van der Waals surface area contributed by atoms with Gasteiger partial charge in [-0.2, -0.15) is 5.10 Å². The van der Waals surface area contributed by atoms with E-state index < -0.39 is 0 Å². The van der Waals surface area contributed by atoms with E-state index in [2.05, 4.69) is 33.8 Å². The molecular weight excluding hydrogens is 216 g/mol. The van der Waals surface area contributed by atoms with E-state index >= 15 is 0 Å². The van der Waals surface area contributed by atoms with Crippen molar-refractivity contribution in [2.75, 3.05) is 31.1 Å². The van der Waals surface area contributed by atoms with Gasteiger partial charge in [-0.15, -0.1) is 5.10 Å². The van der Waals surface area contributed by atoms with Gasteiger partial charge in [0.05, 0.1) is 12.3 Å². The van der Waals surface area contributed by atoms with Gasteiger partial charge >= 0.3 is 0 Å². The molecule has 1 fully saturated rings. The molecule has 1 saturated heterocycles. The highest BCUT2D eigenvalue weighted by atomic mass is 16.3. The maximum atomic E-state index is 8.91. The Morgan fingerprint density at radius 2 is 1.88 bits per heavy atom. The Morgan fingerprint density at radius 3 is 2.35 bits per heavy atom. The first kappa shape index (κ1) is 12.3. The standard InChI is InChI=1S/C12H20N4O/c1-10(2)15-5-7-16(8-6-15)12-4-3-11(9-17)13-14-12/h3-4,10,17H,5-9H2,1-2H3. The maximum Gasteiger partial charge on any atom is 0.151 e. The van der Waals surface area contributed by atoms with Crippen molar-refractivity contribution in [1.29, 1.82) is 0 Å². The summed E-state index contributed by atoms with van der Waals surface area (Å²) in [4.78, 5) is 4.71. The fourth-order valence-corrected chi connectivity index (χ4v) is 2.07. The van der Waals surface area contributed by atoms with Gasteiger partial charge in [0.25, 0.3) is 0 Å². The lowest BCUT2D eigenvalue weighted by Gasteiger charge is -2.37. The van der Waals surface area contributed by atoms with Gasteiger partial charge in [-0.05, 0) is 26.0 Å². The van der Waals surface area contributed by atoms with Gasteiger partial charge < -0.3 is 10.0 Å². The number of hydrogen-bond acceptors (Lipinski definition) is 5. The van der Waals surface area contributed by atoms with Crippen molar-refractivity contribution >= 4 is 5.82 Å². The van der Waals surface area contributed by atoms with Gasteiger partial charge in [0.15, 0.2) is 5.82 Å². The molecule has 0 aromatic carbocycles. The molecule has 0 radical (unpaired) electrons. The number of anilines is 1. The van der Waals surface area contributed by atoms with Gasteiger partial charge in [0.1, 0.15) is 0 Å². The molecule has 94 valence electrons. The average Bonchev–Trinajstić information content (AvgIpc) is 2.39. The van der Waals surface area contributed by atoms with Crippen LogP contribution in [0, 0.1) is 0 Å². The predicted octanol–water partition coefficient (Wildman–Crippen LogP) is 0.499. The number of aliphatic hydroxyl groups excluding tert-OH is 1. The van der Waals surface area contributed by atoms with Crippen molar-refractivity contribution in [2.24, 2.45) is 0 Å². The third-order valence-corrected chi connectivity index (χ3v) is 3.24. The number of piperazine rings is 1. The lowest BCUT2D eigenvalue weighted by molar-refractivity contribution is 0.209. The summed E-state index contributed by atoms with van der Waals surface area (Å²) in [5.74, 6) is 0.908. The molecular formula is C12H20N4O. The monoisotopic (exact) mass is 236 g/mol. The molecule has 0 aliphatic carbocycles. The van der Waals surface area contributed by atoms with Gasteiger partial charge in [-0.3, -0.25) is 4.90 Å². The Balaban J connectivity index is 1.95. The van der Waals surface area contributed by atoms with Gasteiger partial charge in [-0.1, -0.05) is 0 Å². The van der Waals surface area contributed by atoms with Crippen molar-refractivity contribution in [3.8, 4) is 0 Å². The molecule has 0 bridgehead atoms. The summed E-state index contributed by atoms with van der Waals surface area (Å²) in [6.45, 7) is 8.53.